The fraction of sp³-hybridized carbons (Fsp3) is 0. The molecule has 0 saturated carbocycles. The normalized spacial score (nSPS) is 9.88. The molecule has 0 aliphatic heterocycles. The van der Waals surface area contributed by atoms with Gasteiger partial charge in [-0.2, -0.15) is 0 Å². The van der Waals surface area contributed by atoms with Gasteiger partial charge in [0.25, 0.3) is 0 Å². The summed E-state index contributed by atoms with van der Waals surface area (Å²) in [5, 5.41) is 29.9. The quantitative estimate of drug-likeness (QED) is 0.478. The molecule has 0 aliphatic rings. The number of hydrogen-bond acceptors (Lipinski definition) is 6. The van der Waals surface area contributed by atoms with Crippen LogP contribution in [0.3, 0.4) is 0 Å². The first kappa shape index (κ1) is 29.8. The number of carbonyl (C=O) groups excluding carboxylic acids is 3. The molecule has 0 aromatic heterocycles. The fourth-order valence-electron chi connectivity index (χ4n) is 2.19. The van der Waals surface area contributed by atoms with Crippen LogP contribution in [0.15, 0.2) is 109 Å². The van der Waals surface area contributed by atoms with Gasteiger partial charge in [-0.3, -0.25) is 0 Å². The van der Waals surface area contributed by atoms with Gasteiger partial charge < -0.3 is 29.7 Å². The van der Waals surface area contributed by atoms with Crippen LogP contribution in [0.25, 0.3) is 18.2 Å². The summed E-state index contributed by atoms with van der Waals surface area (Å²) in [6.45, 7) is 0. The summed E-state index contributed by atoms with van der Waals surface area (Å²) in [4.78, 5) is 29.9. The minimum absolute atomic E-state index is 0. The van der Waals surface area contributed by atoms with Crippen molar-refractivity contribution in [3.05, 3.63) is 126 Å². The van der Waals surface area contributed by atoms with Crippen LogP contribution in [0.4, 0.5) is 0 Å². The summed E-state index contributed by atoms with van der Waals surface area (Å²) in [5.74, 6) is -3.52. The van der Waals surface area contributed by atoms with E-state index < -0.39 is 17.9 Å². The predicted molar refractivity (Wildman–Crippen MR) is 121 cm³/mol. The number of carboxylic acid groups (broad SMARTS) is 3. The molecule has 1 radical (unpaired) electrons. The van der Waals surface area contributed by atoms with E-state index in [1.165, 1.54) is 18.2 Å². The molecule has 3 aromatic rings. The molecule has 0 atom stereocenters. The largest absolute Gasteiger partial charge is 3.00 e. The maximum absolute atomic E-state index is 9.97. The van der Waals surface area contributed by atoms with E-state index in [-0.39, 0.29) is 17.4 Å². The van der Waals surface area contributed by atoms with Crippen LogP contribution >= 0.6 is 0 Å². The van der Waals surface area contributed by atoms with Gasteiger partial charge in [-0.1, -0.05) is 109 Å². The molecule has 0 heterocycles. The third-order valence-corrected chi connectivity index (χ3v) is 3.63. The van der Waals surface area contributed by atoms with E-state index in [2.05, 4.69) is 0 Å². The fourth-order valence-corrected chi connectivity index (χ4v) is 2.19. The second kappa shape index (κ2) is 18.4. The van der Waals surface area contributed by atoms with E-state index in [0.29, 0.717) is 0 Å². The van der Waals surface area contributed by atoms with Crippen LogP contribution in [-0.4, -0.2) is 17.9 Å². The molecule has 6 nitrogen and oxygen atoms in total. The molecular formula is C27H21CrO6. The molecule has 0 amide bonds. The van der Waals surface area contributed by atoms with Crippen molar-refractivity contribution in [1.82, 2.24) is 0 Å². The summed E-state index contributed by atoms with van der Waals surface area (Å²) < 4.78 is 0. The first-order valence-electron chi connectivity index (χ1n) is 9.69. The number of carbonyl (C=O) groups is 3. The Balaban J connectivity index is 0.000000473. The zero-order chi connectivity index (χ0) is 24.3. The number of hydrogen-bond donors (Lipinski definition) is 0. The van der Waals surface area contributed by atoms with Gasteiger partial charge in [-0.25, -0.2) is 0 Å². The van der Waals surface area contributed by atoms with E-state index in [1.807, 2.05) is 91.0 Å². The van der Waals surface area contributed by atoms with Crippen LogP contribution < -0.4 is 15.3 Å². The molecule has 171 valence electrons. The summed E-state index contributed by atoms with van der Waals surface area (Å²) in [6, 6.07) is 27.6. The zero-order valence-corrected chi connectivity index (χ0v) is 19.3. The number of aliphatic carboxylic acids is 3. The minimum atomic E-state index is -1.17. The SMILES string of the molecule is O=C([O-])C=Cc1ccccc1.O=C([O-])C=Cc1ccccc1.O=C([O-])C=Cc1ccccc1.[Cr+3]. The molecule has 0 spiro atoms. The molecule has 0 aliphatic carbocycles. The second-order valence-corrected chi connectivity index (χ2v) is 6.19. The van der Waals surface area contributed by atoms with Crippen LogP contribution in [0, 0.1) is 0 Å². The van der Waals surface area contributed by atoms with Crippen LogP contribution in [-0.2, 0) is 31.7 Å². The van der Waals surface area contributed by atoms with E-state index in [1.54, 1.807) is 0 Å². The van der Waals surface area contributed by atoms with Gasteiger partial charge in [0.2, 0.25) is 0 Å². The third-order valence-electron chi connectivity index (χ3n) is 3.63. The standard InChI is InChI=1S/3C9H8O2.Cr/c3*10-9(11)7-6-8-4-2-1-3-5-8;/h3*1-7H,(H,10,11);/q;;;+3/p-3. The molecule has 34 heavy (non-hydrogen) atoms. The average Bonchev–Trinajstić information content (AvgIpc) is 2.83. The van der Waals surface area contributed by atoms with E-state index in [0.717, 1.165) is 34.9 Å². The van der Waals surface area contributed by atoms with Gasteiger partial charge in [0, 0.05) is 0 Å². The van der Waals surface area contributed by atoms with Crippen molar-refractivity contribution in [2.75, 3.05) is 0 Å². The van der Waals surface area contributed by atoms with Gasteiger partial charge in [0.05, 0.1) is 17.9 Å². The van der Waals surface area contributed by atoms with E-state index in [9.17, 15) is 29.7 Å². The molecule has 7 heteroatoms. The molecule has 0 fully saturated rings. The number of benzene rings is 3. The number of carboxylic acids is 3. The summed E-state index contributed by atoms with van der Waals surface area (Å²) in [5.41, 5.74) is 2.57. The minimum Gasteiger partial charge on any atom is -0.545 e. The zero-order valence-electron chi connectivity index (χ0n) is 18.0. The van der Waals surface area contributed by atoms with Gasteiger partial charge in [0.1, 0.15) is 0 Å². The smallest absolute Gasteiger partial charge is 0.545 e. The Morgan fingerprint density at radius 1 is 0.441 bits per heavy atom. The Kier molecular flexibility index (Phi) is 16.1. The Morgan fingerprint density at radius 2 is 0.647 bits per heavy atom. The van der Waals surface area contributed by atoms with Crippen molar-refractivity contribution in [3.8, 4) is 0 Å². The molecule has 3 aromatic carbocycles. The van der Waals surface area contributed by atoms with Crippen molar-refractivity contribution in [3.63, 3.8) is 0 Å². The van der Waals surface area contributed by atoms with Crippen LogP contribution in [0.5, 0.6) is 0 Å². The maximum Gasteiger partial charge on any atom is 3.00 e. The van der Waals surface area contributed by atoms with Crippen molar-refractivity contribution >= 4 is 36.1 Å². The molecule has 0 saturated heterocycles. The van der Waals surface area contributed by atoms with Crippen molar-refractivity contribution < 1.29 is 47.1 Å². The topological polar surface area (TPSA) is 120 Å². The molecule has 3 rings (SSSR count). The third kappa shape index (κ3) is 16.5. The monoisotopic (exact) mass is 493 g/mol. The van der Waals surface area contributed by atoms with Crippen LogP contribution in [0.1, 0.15) is 16.7 Å². The summed E-state index contributed by atoms with van der Waals surface area (Å²) >= 11 is 0. The summed E-state index contributed by atoms with van der Waals surface area (Å²) in [7, 11) is 0. The molecular weight excluding hydrogens is 472 g/mol. The van der Waals surface area contributed by atoms with Gasteiger partial charge in [-0.15, -0.1) is 0 Å². The van der Waals surface area contributed by atoms with E-state index in [4.69, 9.17) is 0 Å². The van der Waals surface area contributed by atoms with Gasteiger partial charge in [-0.05, 0) is 34.9 Å². The maximum atomic E-state index is 9.97. The van der Waals surface area contributed by atoms with E-state index >= 15 is 0 Å². The van der Waals surface area contributed by atoms with Gasteiger partial charge >= 0.3 is 17.4 Å². The molecule has 0 N–H and O–H groups in total. The summed E-state index contributed by atoms with van der Waals surface area (Å²) in [6.07, 6.45) is 7.51. The van der Waals surface area contributed by atoms with Crippen LogP contribution in [0.2, 0.25) is 0 Å². The van der Waals surface area contributed by atoms with Crippen molar-refractivity contribution in [2.24, 2.45) is 0 Å². The Morgan fingerprint density at radius 3 is 0.824 bits per heavy atom. The second-order valence-electron chi connectivity index (χ2n) is 6.19. The van der Waals surface area contributed by atoms with Gasteiger partial charge in [0.15, 0.2) is 0 Å². The average molecular weight is 493 g/mol. The predicted octanol–water partition coefficient (Wildman–Crippen LogP) is 1.35. The Labute approximate surface area is 209 Å². The first-order valence-corrected chi connectivity index (χ1v) is 9.69. The Bertz CT molecular complexity index is 934. The molecule has 0 unspecified atom stereocenters. The molecule has 0 bridgehead atoms. The number of rotatable bonds is 6. The van der Waals surface area contributed by atoms with Crippen molar-refractivity contribution in [2.45, 2.75) is 0 Å². The Hall–Kier alpha value is -4.18. The first-order chi connectivity index (χ1) is 15.9. The van der Waals surface area contributed by atoms with Crippen molar-refractivity contribution in [1.29, 1.82) is 0 Å².